The zero-order valence-corrected chi connectivity index (χ0v) is 67.2. The Bertz CT molecular complexity index is 4110. The largest absolute Gasteiger partial charge is 0.457 e. The van der Waals surface area contributed by atoms with Crippen LogP contribution in [0.4, 0.5) is 0 Å². The SMILES string of the molecule is CSc1cc(C)c(C)cc1C.CSc1ccc(C(=O)c2ccc(C)cc2)cc1.CSc1ccc(C)cc1C.CSc1ccc(C)cc1Sc1ccc(C)cc1.CSc1ccc(Oc2ccc(C)cc2)cc1.CSc1ccc(SOOc2ccc(C)cc2)cc1.CSc1cccc(C)c1. The molecule has 11 aromatic rings. The van der Waals surface area contributed by atoms with E-state index in [1.165, 1.54) is 117 Å². The molecule has 0 unspecified atom stereocenters. The smallest absolute Gasteiger partial charge is 0.193 e. The van der Waals surface area contributed by atoms with Crippen LogP contribution in [0.5, 0.6) is 17.2 Å². The summed E-state index contributed by atoms with van der Waals surface area (Å²) < 4.78 is 10.9. The lowest BCUT2D eigenvalue weighted by Crippen LogP contribution is -2.00. The van der Waals surface area contributed by atoms with Gasteiger partial charge in [0.05, 0.1) is 12.0 Å². The molecular formula is C85H94O4S9. The zero-order chi connectivity index (χ0) is 71.4. The van der Waals surface area contributed by atoms with Gasteiger partial charge in [-0.2, -0.15) is 0 Å². The van der Waals surface area contributed by atoms with Crippen LogP contribution in [0.1, 0.15) is 77.1 Å². The van der Waals surface area contributed by atoms with Crippen molar-refractivity contribution in [3.8, 4) is 17.2 Å². The van der Waals surface area contributed by atoms with Crippen molar-refractivity contribution < 1.29 is 18.8 Å². The Morgan fingerprint density at radius 3 is 1.10 bits per heavy atom. The summed E-state index contributed by atoms with van der Waals surface area (Å²) >= 11 is 15.4. The average molecular weight is 1470 g/mol. The van der Waals surface area contributed by atoms with Gasteiger partial charge in [0.15, 0.2) is 11.5 Å². The minimum atomic E-state index is 0.0812. The number of ketones is 1. The number of carbonyl (C=O) groups excluding carboxylic acids is 1. The molecule has 13 heteroatoms. The van der Waals surface area contributed by atoms with E-state index in [0.717, 1.165) is 27.5 Å². The highest BCUT2D eigenvalue weighted by molar-refractivity contribution is 8.02. The van der Waals surface area contributed by atoms with Gasteiger partial charge in [0.1, 0.15) is 11.5 Å². The van der Waals surface area contributed by atoms with Crippen molar-refractivity contribution in [2.75, 3.05) is 43.8 Å². The molecule has 0 aliphatic rings. The molecular weight excluding hydrogens is 1370 g/mol. The second kappa shape index (κ2) is 45.5. The van der Waals surface area contributed by atoms with Gasteiger partial charge in [-0.25, -0.2) is 0 Å². The highest BCUT2D eigenvalue weighted by Crippen LogP contribution is 2.36. The van der Waals surface area contributed by atoms with E-state index in [2.05, 4.69) is 221 Å². The van der Waals surface area contributed by atoms with E-state index in [1.807, 2.05) is 165 Å². The van der Waals surface area contributed by atoms with Crippen LogP contribution < -0.4 is 9.62 Å². The first-order valence-corrected chi connectivity index (χ1v) is 41.9. The van der Waals surface area contributed by atoms with Crippen LogP contribution in [-0.2, 0) is 4.33 Å². The summed E-state index contributed by atoms with van der Waals surface area (Å²) in [5.74, 6) is 2.54. The monoisotopic (exact) mass is 1470 g/mol. The third kappa shape index (κ3) is 30.7. The van der Waals surface area contributed by atoms with Crippen molar-refractivity contribution in [1.82, 2.24) is 0 Å². The van der Waals surface area contributed by atoms with Gasteiger partial charge >= 0.3 is 0 Å². The van der Waals surface area contributed by atoms with Crippen LogP contribution in [0.2, 0.25) is 0 Å². The predicted octanol–water partition coefficient (Wildman–Crippen LogP) is 27.4. The van der Waals surface area contributed by atoms with Gasteiger partial charge in [-0.15, -0.1) is 86.7 Å². The summed E-state index contributed by atoms with van der Waals surface area (Å²) in [6.07, 6.45) is 14.6. The number of carbonyl (C=O) groups is 1. The number of hydrogen-bond donors (Lipinski definition) is 0. The molecule has 512 valence electrons. The van der Waals surface area contributed by atoms with Crippen LogP contribution in [0, 0.1) is 76.2 Å². The van der Waals surface area contributed by atoms with Crippen LogP contribution in [0.25, 0.3) is 0 Å². The highest BCUT2D eigenvalue weighted by Gasteiger charge is 2.09. The molecule has 0 saturated carbocycles. The lowest BCUT2D eigenvalue weighted by atomic mass is 10.0. The van der Waals surface area contributed by atoms with Crippen LogP contribution in [0.15, 0.2) is 292 Å². The molecule has 0 spiro atoms. The Morgan fingerprint density at radius 2 is 0.633 bits per heavy atom. The molecule has 0 aliphatic carbocycles. The molecule has 0 amide bonds. The predicted molar refractivity (Wildman–Crippen MR) is 441 cm³/mol. The normalized spacial score (nSPS) is 10.2. The first-order valence-electron chi connectivity index (χ1n) is 31.8. The summed E-state index contributed by atoms with van der Waals surface area (Å²) in [6.45, 7) is 23.2. The summed E-state index contributed by atoms with van der Waals surface area (Å²) in [5.41, 5.74) is 15.9. The first-order chi connectivity index (χ1) is 47.1. The van der Waals surface area contributed by atoms with Crippen molar-refractivity contribution >= 4 is 112 Å². The van der Waals surface area contributed by atoms with E-state index in [9.17, 15) is 4.79 Å². The summed E-state index contributed by atoms with van der Waals surface area (Å²) in [6, 6.07) is 82.3. The number of rotatable bonds is 17. The maximum atomic E-state index is 12.2. The standard InChI is InChI=1S/C15H14OS.C15H16S2.C14H14O2S2.C14H14OS.C10H14S.C9H12S.C8H10S/c1-11-3-5-12(6-4-11)15(16)13-7-9-14(17-2)10-8-13;1-11-4-7-13(8-5-11)17-15-10-12(2)6-9-14(15)16-3;1-11-3-5-12(6-4-11)15-16-18-14-9-7-13(17-2)8-10-14;1-11-3-5-12(6-4-11)15-13-7-9-14(16-2)10-8-13;1-7-5-9(3)10(11-4)6-8(7)2;1-7-4-5-9(10-3)8(2)6-7;1-7-4-3-5-8(6-7)9-2/h3-10H,1-2H3;4-10H,1-3H3;3-10H,1-2H3;3-10H,1-2H3;5-6H,1-4H3;4-6H,1-3H3;3-6H,1-2H3. The van der Waals surface area contributed by atoms with Crippen LogP contribution in [0.3, 0.4) is 0 Å². The van der Waals surface area contributed by atoms with E-state index in [0.29, 0.717) is 5.75 Å². The molecule has 0 saturated heterocycles. The maximum Gasteiger partial charge on any atom is 0.193 e. The minimum Gasteiger partial charge on any atom is -0.457 e. The minimum absolute atomic E-state index is 0.0812. The number of hydrogen-bond acceptors (Lipinski definition) is 13. The number of aryl methyl sites for hydroxylation is 11. The quantitative estimate of drug-likeness (QED) is 0.0286. The van der Waals surface area contributed by atoms with Crippen molar-refractivity contribution in [2.45, 2.75) is 125 Å². The van der Waals surface area contributed by atoms with E-state index in [4.69, 9.17) is 14.0 Å². The molecule has 0 aromatic heterocycles. The Labute approximate surface area is 626 Å². The van der Waals surface area contributed by atoms with Crippen LogP contribution in [-0.4, -0.2) is 49.6 Å². The Balaban J connectivity index is 0.000000209. The molecule has 0 heterocycles. The fraction of sp³-hybridized carbons (Fsp3) is 0.212. The van der Waals surface area contributed by atoms with E-state index < -0.39 is 0 Å². The fourth-order valence-corrected chi connectivity index (χ4v) is 14.1. The van der Waals surface area contributed by atoms with Gasteiger partial charge in [-0.1, -0.05) is 142 Å². The van der Waals surface area contributed by atoms with Gasteiger partial charge in [0.25, 0.3) is 0 Å². The molecule has 0 radical (unpaired) electrons. The summed E-state index contributed by atoms with van der Waals surface area (Å²) in [7, 11) is 0. The topological polar surface area (TPSA) is 44.8 Å². The third-order valence-corrected chi connectivity index (χ3v) is 22.0. The molecule has 11 rings (SSSR count). The number of ether oxygens (including phenoxy) is 1. The van der Waals surface area contributed by atoms with Gasteiger partial charge in [0.2, 0.25) is 0 Å². The third-order valence-electron chi connectivity index (χ3n) is 14.7. The molecule has 0 N–H and O–H groups in total. The molecule has 11 aromatic carbocycles. The van der Waals surface area contributed by atoms with E-state index in [-0.39, 0.29) is 5.78 Å². The van der Waals surface area contributed by atoms with E-state index >= 15 is 0 Å². The number of benzene rings is 11. The van der Waals surface area contributed by atoms with E-state index in [1.54, 1.807) is 70.6 Å². The molecule has 0 atom stereocenters. The lowest BCUT2D eigenvalue weighted by Gasteiger charge is -2.08. The van der Waals surface area contributed by atoms with Crippen molar-refractivity contribution in [3.63, 3.8) is 0 Å². The van der Waals surface area contributed by atoms with Gasteiger partial charge in [-0.3, -0.25) is 4.79 Å². The zero-order valence-electron chi connectivity index (χ0n) is 59.9. The number of thioether (sulfide) groups is 7. The Hall–Kier alpha value is -6.20. The average Bonchev–Trinajstić information content (AvgIpc) is 0.978. The van der Waals surface area contributed by atoms with Crippen LogP contribution >= 0.6 is 106 Å². The fourth-order valence-electron chi connectivity index (χ4n) is 8.84. The Kier molecular flexibility index (Phi) is 38.3. The van der Waals surface area contributed by atoms with Crippen molar-refractivity contribution in [2.24, 2.45) is 0 Å². The highest BCUT2D eigenvalue weighted by atomic mass is 32.2. The Morgan fingerprint density at radius 1 is 0.265 bits per heavy atom. The molecule has 0 aliphatic heterocycles. The molecule has 0 bridgehead atoms. The van der Waals surface area contributed by atoms with Crippen molar-refractivity contribution in [3.05, 3.63) is 315 Å². The lowest BCUT2D eigenvalue weighted by molar-refractivity contribution is -0.0777. The molecule has 0 fully saturated rings. The maximum absolute atomic E-state index is 12.2. The summed E-state index contributed by atoms with van der Waals surface area (Å²) in [4.78, 5) is 30.1. The van der Waals surface area contributed by atoms with Gasteiger partial charge in [0, 0.05) is 60.1 Å². The molecule has 4 nitrogen and oxygen atoms in total. The molecule has 98 heavy (non-hydrogen) atoms. The van der Waals surface area contributed by atoms with Crippen molar-refractivity contribution in [1.29, 1.82) is 0 Å². The second-order valence-corrected chi connectivity index (χ2v) is 30.7. The second-order valence-electron chi connectivity index (χ2n) is 22.7. The first kappa shape index (κ1) is 82.5. The summed E-state index contributed by atoms with van der Waals surface area (Å²) in [5, 5.41) is 0. The van der Waals surface area contributed by atoms with Gasteiger partial charge < -0.3 is 9.62 Å². The van der Waals surface area contributed by atoms with Gasteiger partial charge in [-0.05, 0) is 293 Å².